The summed E-state index contributed by atoms with van der Waals surface area (Å²) < 4.78 is 6.25. The quantitative estimate of drug-likeness (QED) is 0.179. The van der Waals surface area contributed by atoms with Gasteiger partial charge in [0, 0.05) is 88.0 Å². The first-order valence-corrected chi connectivity index (χ1v) is 43.4. The Bertz CT molecular complexity index is 957. The Hall–Kier alpha value is 1.11. The van der Waals surface area contributed by atoms with Gasteiger partial charge in [0.2, 0.25) is 0 Å². The van der Waals surface area contributed by atoms with Crippen molar-refractivity contribution in [1.29, 1.82) is 0 Å². The van der Waals surface area contributed by atoms with Crippen molar-refractivity contribution in [3.8, 4) is 0 Å². The van der Waals surface area contributed by atoms with Crippen molar-refractivity contribution >= 4 is 149 Å². The third kappa shape index (κ3) is 75.9. The van der Waals surface area contributed by atoms with Crippen LogP contribution in [-0.4, -0.2) is 136 Å². The van der Waals surface area contributed by atoms with Crippen molar-refractivity contribution in [3.63, 3.8) is 0 Å². The third-order valence-corrected chi connectivity index (χ3v) is 13.3. The molecule has 52 heavy (non-hydrogen) atoms. The van der Waals surface area contributed by atoms with E-state index in [1.54, 1.807) is 12.5 Å². The van der Waals surface area contributed by atoms with E-state index in [4.69, 9.17) is 0 Å². The van der Waals surface area contributed by atoms with E-state index in [0.717, 1.165) is 0 Å². The van der Waals surface area contributed by atoms with Gasteiger partial charge in [-0.3, -0.25) is 0 Å². The monoisotopic (exact) mass is 1310 g/mol. The molecule has 0 N–H and O–H groups in total. The Labute approximate surface area is 383 Å². The molecule has 282 valence electrons. The standard InChI is InChI=1S/4C6H5.6C3H9Si.2Ge.2Pb/c4*1-2-4-6-5-3-1;6*1-4(2)3;;;;/h4*1-5H;6*1-3H3;;;;. The van der Waals surface area contributed by atoms with Crippen LogP contribution in [0.5, 0.6) is 0 Å². The topological polar surface area (TPSA) is 0 Å². The molecule has 0 amide bonds. The minimum atomic E-state index is -0.740. The molecule has 0 spiro atoms. The molecule has 0 aliphatic carbocycles. The summed E-state index contributed by atoms with van der Waals surface area (Å²) in [6.45, 7) is 40.8. The van der Waals surface area contributed by atoms with Crippen LogP contribution in [0.25, 0.3) is 0 Å². The summed E-state index contributed by atoms with van der Waals surface area (Å²) in [5.74, 6) is 0. The van der Waals surface area contributed by atoms with Crippen LogP contribution in [0.1, 0.15) is 0 Å². The minimum absolute atomic E-state index is 0. The van der Waals surface area contributed by atoms with Crippen LogP contribution in [0.15, 0.2) is 121 Å². The molecule has 0 bridgehead atoms. The number of hydrogen-bond acceptors (Lipinski definition) is 0. The van der Waals surface area contributed by atoms with Gasteiger partial charge >= 0.3 is 182 Å². The average Bonchev–Trinajstić information content (AvgIpc) is 2.98. The van der Waals surface area contributed by atoms with Gasteiger partial charge in [-0.1, -0.05) is 118 Å². The third-order valence-electron chi connectivity index (χ3n) is 3.67. The van der Waals surface area contributed by atoms with Gasteiger partial charge in [-0.15, -0.1) is 0 Å². The van der Waals surface area contributed by atoms with Crippen molar-refractivity contribution in [2.75, 3.05) is 0 Å². The fraction of sp³-hybridized carbons (Fsp3) is 0.429. The molecule has 0 unspecified atom stereocenters. The number of benzene rings is 4. The first kappa shape index (κ1) is 65.0. The van der Waals surface area contributed by atoms with E-state index in [-0.39, 0.29) is 88.0 Å². The molecule has 0 atom stereocenters. The van der Waals surface area contributed by atoms with Gasteiger partial charge < -0.3 is 0 Å². The molecule has 0 saturated carbocycles. The molecule has 18 radical (unpaired) electrons. The van der Waals surface area contributed by atoms with Gasteiger partial charge in [0.05, 0.1) is 0 Å². The van der Waals surface area contributed by atoms with Crippen molar-refractivity contribution in [2.45, 2.75) is 118 Å². The molecular formula is C42H74Ge2Pb2Si6. The molecule has 0 aliphatic rings. The molecule has 4 aromatic carbocycles. The summed E-state index contributed by atoms with van der Waals surface area (Å²) in [4.78, 5) is 0. The maximum absolute atomic E-state index is 2.27. The van der Waals surface area contributed by atoms with Crippen molar-refractivity contribution in [2.24, 2.45) is 0 Å². The first-order valence-electron chi connectivity index (χ1n) is 17.6. The molecule has 4 aromatic rings. The second kappa shape index (κ2) is 48.3. The van der Waals surface area contributed by atoms with E-state index in [1.807, 2.05) is 0 Å². The fourth-order valence-electron chi connectivity index (χ4n) is 2.42. The summed E-state index contributed by atoms with van der Waals surface area (Å²) in [5.41, 5.74) is 0. The van der Waals surface area contributed by atoms with Crippen molar-refractivity contribution < 1.29 is 0 Å². The number of hydrogen-bond donors (Lipinski definition) is 0. The molecular weight excluding hydrogens is 1230 g/mol. The van der Waals surface area contributed by atoms with Crippen molar-refractivity contribution in [3.05, 3.63) is 121 Å². The average molecular weight is 1310 g/mol. The van der Waals surface area contributed by atoms with E-state index >= 15 is 0 Å². The summed E-state index contributed by atoms with van der Waals surface area (Å²) in [5, 5.41) is 0. The summed E-state index contributed by atoms with van der Waals surface area (Å²) in [6.07, 6.45) is 0. The Balaban J connectivity index is -0.000000126. The zero-order valence-corrected chi connectivity index (χ0v) is 54.5. The molecule has 0 nitrogen and oxygen atoms in total. The van der Waals surface area contributed by atoms with E-state index in [9.17, 15) is 0 Å². The SMILES string of the molecule is C[Si](C)C.C[Si](C)C.C[Si](C)C.C[Si](C)C.C[Si](C)C.C[Si](C)C.[Ge].[Ge].c1cc[c]([Pb][c]2ccccc2)cc1.c1cc[c]([Pb][c]2ccccc2)cc1. The van der Waals surface area contributed by atoms with Gasteiger partial charge in [0.1, 0.15) is 0 Å². The second-order valence-corrected chi connectivity index (χ2v) is 43.6. The van der Waals surface area contributed by atoms with Gasteiger partial charge in [-0.05, 0) is 0 Å². The zero-order valence-electron chi connectivity index (χ0n) is 36.5. The normalized spacial score (nSPS) is 9.08. The van der Waals surface area contributed by atoms with Gasteiger partial charge in [-0.25, -0.2) is 0 Å². The summed E-state index contributed by atoms with van der Waals surface area (Å²) in [7, 11) is 0.722. The fourth-order valence-corrected chi connectivity index (χ4v) is 10.6. The van der Waals surface area contributed by atoms with Crippen LogP contribution in [-0.2, 0) is 0 Å². The zero-order chi connectivity index (χ0) is 39.3. The van der Waals surface area contributed by atoms with E-state index in [1.165, 1.54) is 0 Å². The Morgan fingerprint density at radius 1 is 0.231 bits per heavy atom. The maximum atomic E-state index is 2.27. The van der Waals surface area contributed by atoms with Crippen LogP contribution < -0.4 is 12.5 Å². The molecule has 0 aliphatic heterocycles. The molecule has 0 heterocycles. The van der Waals surface area contributed by atoms with Crippen LogP contribution in [0, 0.1) is 0 Å². The van der Waals surface area contributed by atoms with Crippen LogP contribution in [0.4, 0.5) is 0 Å². The molecule has 0 aromatic heterocycles. The van der Waals surface area contributed by atoms with E-state index in [2.05, 4.69) is 239 Å². The molecule has 4 rings (SSSR count). The van der Waals surface area contributed by atoms with Crippen LogP contribution in [0.3, 0.4) is 0 Å². The number of rotatable bonds is 4. The van der Waals surface area contributed by atoms with E-state index in [0.29, 0.717) is 0 Å². The Morgan fingerprint density at radius 2 is 0.327 bits per heavy atom. The summed E-state index contributed by atoms with van der Waals surface area (Å²) in [6, 6.07) is 43.3. The predicted molar refractivity (Wildman–Crippen MR) is 267 cm³/mol. The molecule has 0 saturated heterocycles. The van der Waals surface area contributed by atoms with E-state index < -0.39 is 48.5 Å². The van der Waals surface area contributed by atoms with Crippen LogP contribution in [0.2, 0.25) is 118 Å². The predicted octanol–water partition coefficient (Wildman–Crippen LogP) is 10.1. The Kier molecular flexibility index (Phi) is 60.3. The molecule has 0 fully saturated rings. The Morgan fingerprint density at radius 3 is 0.423 bits per heavy atom. The summed E-state index contributed by atoms with van der Waals surface area (Å²) >= 11 is -1.48. The van der Waals surface area contributed by atoms with Gasteiger partial charge in [-0.2, -0.15) is 0 Å². The second-order valence-electron chi connectivity index (χ2n) is 14.7. The van der Waals surface area contributed by atoms with Gasteiger partial charge in [0.15, 0.2) is 0 Å². The van der Waals surface area contributed by atoms with Crippen molar-refractivity contribution in [1.82, 2.24) is 0 Å². The molecule has 10 heteroatoms. The van der Waals surface area contributed by atoms with Crippen LogP contribution >= 0.6 is 0 Å². The first-order chi connectivity index (χ1) is 23.3. The van der Waals surface area contributed by atoms with Gasteiger partial charge in [0.25, 0.3) is 0 Å².